The van der Waals surface area contributed by atoms with Crippen molar-refractivity contribution in [1.82, 2.24) is 5.32 Å². The van der Waals surface area contributed by atoms with E-state index in [2.05, 4.69) is 5.32 Å². The van der Waals surface area contributed by atoms with Gasteiger partial charge in [0.1, 0.15) is 11.8 Å². The fourth-order valence-corrected chi connectivity index (χ4v) is 1.67. The van der Waals surface area contributed by atoms with Crippen LogP contribution in [0.3, 0.4) is 0 Å². The van der Waals surface area contributed by atoms with Crippen molar-refractivity contribution in [3.8, 4) is 11.8 Å². The lowest BCUT2D eigenvalue weighted by molar-refractivity contribution is -0.127. The molecule has 5 heteroatoms. The molecule has 0 heterocycles. The molecule has 0 aromatic heterocycles. The lowest BCUT2D eigenvalue weighted by atomic mass is 10.2. The summed E-state index contributed by atoms with van der Waals surface area (Å²) in [6, 6.07) is 8.85. The second-order valence-corrected chi connectivity index (χ2v) is 4.44. The Balaban J connectivity index is 2.40. The third-order valence-electron chi connectivity index (χ3n) is 2.81. The first kappa shape index (κ1) is 16.0. The van der Waals surface area contributed by atoms with Crippen LogP contribution >= 0.6 is 0 Å². The average molecular weight is 276 g/mol. The topological polar surface area (TPSA) is 82.3 Å². The van der Waals surface area contributed by atoms with Crippen LogP contribution in [-0.4, -0.2) is 30.3 Å². The predicted octanol–water partition coefficient (Wildman–Crippen LogP) is 1.60. The zero-order valence-electron chi connectivity index (χ0n) is 11.6. The van der Waals surface area contributed by atoms with Crippen LogP contribution in [0.4, 0.5) is 0 Å². The maximum Gasteiger partial charge on any atom is 0.260 e. The Bertz CT molecular complexity index is 468. The second-order valence-electron chi connectivity index (χ2n) is 4.44. The van der Waals surface area contributed by atoms with E-state index in [1.54, 1.807) is 31.2 Å². The highest BCUT2D eigenvalue weighted by Gasteiger charge is 2.15. The molecule has 0 radical (unpaired) electrons. The number of unbranched alkanes of at least 4 members (excludes halogenated alkanes) is 2. The number of nitrogens with zero attached hydrogens (tertiary/aromatic N) is 1. The standard InChI is InChI=1S/C15H20N2O3/c1-12(15(19)17-9-5-2-6-10-18)20-14-8-4-3-7-13(14)11-16/h3-4,7-8,12,18H,2,5-6,9-10H2,1H3,(H,17,19). The van der Waals surface area contributed by atoms with Gasteiger partial charge in [-0.1, -0.05) is 12.1 Å². The van der Waals surface area contributed by atoms with E-state index in [0.717, 1.165) is 19.3 Å². The van der Waals surface area contributed by atoms with Crippen LogP contribution in [0.5, 0.6) is 5.75 Å². The number of ether oxygens (including phenoxy) is 1. The van der Waals surface area contributed by atoms with Crippen LogP contribution in [-0.2, 0) is 4.79 Å². The molecule has 1 unspecified atom stereocenters. The van der Waals surface area contributed by atoms with E-state index in [-0.39, 0.29) is 12.5 Å². The van der Waals surface area contributed by atoms with Gasteiger partial charge in [-0.15, -0.1) is 0 Å². The average Bonchev–Trinajstić information content (AvgIpc) is 2.47. The van der Waals surface area contributed by atoms with Gasteiger partial charge < -0.3 is 15.2 Å². The van der Waals surface area contributed by atoms with Crippen molar-refractivity contribution in [2.24, 2.45) is 0 Å². The number of rotatable bonds is 8. The first-order chi connectivity index (χ1) is 9.69. The molecule has 0 fully saturated rings. The number of aliphatic hydroxyl groups excluding tert-OH is 1. The van der Waals surface area contributed by atoms with E-state index in [9.17, 15) is 4.79 Å². The Morgan fingerprint density at radius 1 is 1.40 bits per heavy atom. The third-order valence-corrected chi connectivity index (χ3v) is 2.81. The lowest BCUT2D eigenvalue weighted by Gasteiger charge is -2.15. The number of benzene rings is 1. The van der Waals surface area contributed by atoms with Gasteiger partial charge in [-0.25, -0.2) is 0 Å². The number of nitriles is 1. The van der Waals surface area contributed by atoms with Crippen LogP contribution < -0.4 is 10.1 Å². The number of para-hydroxylation sites is 1. The van der Waals surface area contributed by atoms with Gasteiger partial charge in [0.25, 0.3) is 5.91 Å². The Hall–Kier alpha value is -2.06. The fourth-order valence-electron chi connectivity index (χ4n) is 1.67. The van der Waals surface area contributed by atoms with Crippen LogP contribution in [0.15, 0.2) is 24.3 Å². The van der Waals surface area contributed by atoms with Gasteiger partial charge >= 0.3 is 0 Å². The molecule has 1 amide bonds. The normalized spacial score (nSPS) is 11.4. The van der Waals surface area contributed by atoms with E-state index in [4.69, 9.17) is 15.1 Å². The molecular weight excluding hydrogens is 256 g/mol. The molecule has 108 valence electrons. The molecule has 0 aliphatic heterocycles. The maximum atomic E-state index is 11.8. The van der Waals surface area contributed by atoms with E-state index in [1.165, 1.54) is 0 Å². The zero-order valence-corrected chi connectivity index (χ0v) is 11.6. The van der Waals surface area contributed by atoms with Crippen molar-refractivity contribution >= 4 is 5.91 Å². The molecular formula is C15H20N2O3. The largest absolute Gasteiger partial charge is 0.480 e. The van der Waals surface area contributed by atoms with Gasteiger partial charge in [-0.05, 0) is 38.3 Å². The van der Waals surface area contributed by atoms with Crippen molar-refractivity contribution in [1.29, 1.82) is 5.26 Å². The Morgan fingerprint density at radius 2 is 2.15 bits per heavy atom. The highest BCUT2D eigenvalue weighted by Crippen LogP contribution is 2.18. The lowest BCUT2D eigenvalue weighted by Crippen LogP contribution is -2.36. The maximum absolute atomic E-state index is 11.8. The van der Waals surface area contributed by atoms with Gasteiger partial charge in [0.2, 0.25) is 0 Å². The molecule has 1 rings (SSSR count). The van der Waals surface area contributed by atoms with Crippen LogP contribution in [0.25, 0.3) is 0 Å². The number of carbonyl (C=O) groups excluding carboxylic acids is 1. The first-order valence-corrected chi connectivity index (χ1v) is 6.73. The van der Waals surface area contributed by atoms with Gasteiger partial charge in [0, 0.05) is 13.2 Å². The van der Waals surface area contributed by atoms with Gasteiger partial charge in [-0.2, -0.15) is 5.26 Å². The molecule has 0 saturated carbocycles. The fraction of sp³-hybridized carbons (Fsp3) is 0.467. The van der Waals surface area contributed by atoms with Gasteiger partial charge in [-0.3, -0.25) is 4.79 Å². The van der Waals surface area contributed by atoms with E-state index >= 15 is 0 Å². The number of hydrogen-bond donors (Lipinski definition) is 2. The van der Waals surface area contributed by atoms with Crippen molar-refractivity contribution in [3.05, 3.63) is 29.8 Å². The number of amides is 1. The van der Waals surface area contributed by atoms with E-state index in [1.807, 2.05) is 6.07 Å². The smallest absolute Gasteiger partial charge is 0.260 e. The quantitative estimate of drug-likeness (QED) is 0.707. The summed E-state index contributed by atoms with van der Waals surface area (Å²) in [5, 5.41) is 20.4. The SMILES string of the molecule is CC(Oc1ccccc1C#N)C(=O)NCCCCCO. The summed E-state index contributed by atoms with van der Waals surface area (Å²) in [4.78, 5) is 11.8. The Kier molecular flexibility index (Phi) is 7.15. The monoisotopic (exact) mass is 276 g/mol. The number of hydrogen-bond acceptors (Lipinski definition) is 4. The van der Waals surface area contributed by atoms with Crippen molar-refractivity contribution < 1.29 is 14.6 Å². The molecule has 1 aromatic carbocycles. The minimum Gasteiger partial charge on any atom is -0.480 e. The van der Waals surface area contributed by atoms with Crippen molar-refractivity contribution in [3.63, 3.8) is 0 Å². The molecule has 1 aromatic rings. The molecule has 20 heavy (non-hydrogen) atoms. The van der Waals surface area contributed by atoms with Gasteiger partial charge in [0.15, 0.2) is 6.10 Å². The first-order valence-electron chi connectivity index (χ1n) is 6.73. The molecule has 0 saturated heterocycles. The summed E-state index contributed by atoms with van der Waals surface area (Å²) in [5.41, 5.74) is 0.412. The molecule has 0 spiro atoms. The van der Waals surface area contributed by atoms with Crippen molar-refractivity contribution in [2.45, 2.75) is 32.3 Å². The summed E-state index contributed by atoms with van der Waals surface area (Å²) in [5.74, 6) is 0.208. The molecule has 0 aliphatic rings. The number of nitrogens with one attached hydrogen (secondary N) is 1. The van der Waals surface area contributed by atoms with Gasteiger partial charge in [0.05, 0.1) is 5.56 Å². The number of aliphatic hydroxyl groups is 1. The predicted molar refractivity (Wildman–Crippen MR) is 75.2 cm³/mol. The molecule has 0 bridgehead atoms. The Labute approximate surface area is 119 Å². The second kappa shape index (κ2) is 8.94. The summed E-state index contributed by atoms with van der Waals surface area (Å²) in [7, 11) is 0. The summed E-state index contributed by atoms with van der Waals surface area (Å²) in [6.07, 6.45) is 1.80. The summed E-state index contributed by atoms with van der Waals surface area (Å²) in [6.45, 7) is 2.39. The van der Waals surface area contributed by atoms with Crippen LogP contribution in [0.2, 0.25) is 0 Å². The van der Waals surface area contributed by atoms with Crippen LogP contribution in [0, 0.1) is 11.3 Å². The van der Waals surface area contributed by atoms with Crippen molar-refractivity contribution in [2.75, 3.05) is 13.2 Å². The minimum absolute atomic E-state index is 0.179. The highest BCUT2D eigenvalue weighted by atomic mass is 16.5. The van der Waals surface area contributed by atoms with Crippen LogP contribution in [0.1, 0.15) is 31.7 Å². The Morgan fingerprint density at radius 3 is 2.85 bits per heavy atom. The number of carbonyl (C=O) groups is 1. The molecule has 2 N–H and O–H groups in total. The van der Waals surface area contributed by atoms with E-state index in [0.29, 0.717) is 17.9 Å². The molecule has 0 aliphatic carbocycles. The van der Waals surface area contributed by atoms with E-state index < -0.39 is 6.10 Å². The summed E-state index contributed by atoms with van der Waals surface area (Å²) >= 11 is 0. The molecule has 1 atom stereocenters. The highest BCUT2D eigenvalue weighted by molar-refractivity contribution is 5.80. The third kappa shape index (κ3) is 5.29. The zero-order chi connectivity index (χ0) is 14.8. The minimum atomic E-state index is -0.651. The summed E-state index contributed by atoms with van der Waals surface area (Å²) < 4.78 is 5.50. The molecule has 5 nitrogen and oxygen atoms in total.